The molecule has 0 aliphatic carbocycles. The van der Waals surface area contributed by atoms with Crippen molar-refractivity contribution in [2.75, 3.05) is 9.80 Å². The van der Waals surface area contributed by atoms with Crippen LogP contribution in [0, 0.1) is 27.7 Å². The second-order valence-electron chi connectivity index (χ2n) is 10.7. The topological polar surface area (TPSA) is 6.48 Å². The molecule has 0 radical (unpaired) electrons. The van der Waals surface area contributed by atoms with E-state index in [1.165, 1.54) is 56.1 Å². The summed E-state index contributed by atoms with van der Waals surface area (Å²) in [6.45, 7) is 13.2. The van der Waals surface area contributed by atoms with E-state index >= 15 is 0 Å². The maximum absolute atomic E-state index is 2.42. The molecule has 0 unspecified atom stereocenters. The van der Waals surface area contributed by atoms with E-state index in [4.69, 9.17) is 0 Å². The highest BCUT2D eigenvalue weighted by molar-refractivity contribution is 5.84. The SMILES string of the molecule is CCc1cccc(C)c1N(c1ccc(C)cc1)c1ccc(N(c2ccc(C)cc2)c2c(C)cccc2CC)cc1. The molecule has 0 saturated carbocycles. The summed E-state index contributed by atoms with van der Waals surface area (Å²) in [7, 11) is 0. The minimum absolute atomic E-state index is 0.978. The Labute approximate surface area is 240 Å². The van der Waals surface area contributed by atoms with Crippen molar-refractivity contribution in [3.63, 3.8) is 0 Å². The third kappa shape index (κ3) is 5.40. The van der Waals surface area contributed by atoms with Crippen molar-refractivity contribution in [2.45, 2.75) is 54.4 Å². The molecule has 0 fully saturated rings. The lowest BCUT2D eigenvalue weighted by Crippen LogP contribution is -2.15. The highest BCUT2D eigenvalue weighted by Gasteiger charge is 2.20. The van der Waals surface area contributed by atoms with Gasteiger partial charge in [-0.15, -0.1) is 0 Å². The predicted octanol–water partition coefficient (Wildman–Crippen LogP) is 11.0. The van der Waals surface area contributed by atoms with E-state index in [1.54, 1.807) is 0 Å². The number of rotatable bonds is 8. The molecule has 5 aromatic carbocycles. The summed E-state index contributed by atoms with van der Waals surface area (Å²) in [4.78, 5) is 4.83. The van der Waals surface area contributed by atoms with Crippen LogP contribution in [-0.2, 0) is 12.8 Å². The van der Waals surface area contributed by atoms with E-state index < -0.39 is 0 Å². The van der Waals surface area contributed by atoms with E-state index in [2.05, 4.69) is 161 Å². The second kappa shape index (κ2) is 11.8. The first kappa shape index (κ1) is 27.3. The molecule has 0 saturated heterocycles. The molecule has 0 heterocycles. The predicted molar refractivity (Wildman–Crippen MR) is 174 cm³/mol. The van der Waals surface area contributed by atoms with E-state index in [0.29, 0.717) is 0 Å². The standard InChI is InChI=1S/C38H40N2/c1-7-31-13-9-11-29(5)37(31)39(33-19-15-27(3)16-20-33)35-23-25-36(26-24-35)40(34-21-17-28(4)18-22-34)38-30(6)12-10-14-32(38)8-2/h9-26H,7-8H2,1-6H3. The van der Waals surface area contributed by atoms with Crippen LogP contribution in [0.2, 0.25) is 0 Å². The minimum atomic E-state index is 0.978. The lowest BCUT2D eigenvalue weighted by atomic mass is 10.0. The maximum atomic E-state index is 2.42. The summed E-state index contributed by atoms with van der Waals surface area (Å²) in [5, 5.41) is 0. The van der Waals surface area contributed by atoms with E-state index in [-0.39, 0.29) is 0 Å². The Morgan fingerprint density at radius 2 is 0.700 bits per heavy atom. The third-order valence-electron chi connectivity index (χ3n) is 7.80. The van der Waals surface area contributed by atoms with Crippen molar-refractivity contribution in [3.8, 4) is 0 Å². The molecule has 0 atom stereocenters. The number of benzene rings is 5. The van der Waals surface area contributed by atoms with Crippen LogP contribution in [0.15, 0.2) is 109 Å². The first-order valence-electron chi connectivity index (χ1n) is 14.4. The zero-order chi connectivity index (χ0) is 28.2. The van der Waals surface area contributed by atoms with Crippen LogP contribution in [0.5, 0.6) is 0 Å². The van der Waals surface area contributed by atoms with Crippen molar-refractivity contribution >= 4 is 34.1 Å². The Kier molecular flexibility index (Phi) is 8.07. The Balaban J connectivity index is 1.67. The van der Waals surface area contributed by atoms with Gasteiger partial charge in [-0.05, 0) is 111 Å². The van der Waals surface area contributed by atoms with Crippen LogP contribution in [0.25, 0.3) is 0 Å². The van der Waals surface area contributed by atoms with Crippen LogP contribution in [0.3, 0.4) is 0 Å². The Morgan fingerprint density at radius 3 is 1.00 bits per heavy atom. The lowest BCUT2D eigenvalue weighted by Gasteiger charge is -2.31. The van der Waals surface area contributed by atoms with Crippen LogP contribution in [-0.4, -0.2) is 0 Å². The molecule has 202 valence electrons. The van der Waals surface area contributed by atoms with Crippen molar-refractivity contribution in [1.82, 2.24) is 0 Å². The largest absolute Gasteiger partial charge is 0.310 e. The molecule has 0 aromatic heterocycles. The number of aryl methyl sites for hydroxylation is 6. The molecule has 0 amide bonds. The van der Waals surface area contributed by atoms with Gasteiger partial charge in [0, 0.05) is 22.7 Å². The van der Waals surface area contributed by atoms with Crippen molar-refractivity contribution < 1.29 is 0 Å². The van der Waals surface area contributed by atoms with Crippen LogP contribution < -0.4 is 9.80 Å². The van der Waals surface area contributed by atoms with Gasteiger partial charge < -0.3 is 9.80 Å². The molecule has 5 rings (SSSR count). The number of nitrogens with zero attached hydrogens (tertiary/aromatic N) is 2. The molecule has 5 aromatic rings. The summed E-state index contributed by atoms with van der Waals surface area (Å²) in [5.74, 6) is 0. The fraction of sp³-hybridized carbons (Fsp3) is 0.211. The maximum Gasteiger partial charge on any atom is 0.0522 e. The number of hydrogen-bond acceptors (Lipinski definition) is 2. The average molecular weight is 525 g/mol. The van der Waals surface area contributed by atoms with Gasteiger partial charge in [0.05, 0.1) is 11.4 Å². The number of hydrogen-bond donors (Lipinski definition) is 0. The third-order valence-corrected chi connectivity index (χ3v) is 7.80. The molecule has 0 aliphatic heterocycles. The molecule has 2 nitrogen and oxygen atoms in total. The van der Waals surface area contributed by atoms with Crippen molar-refractivity contribution in [3.05, 3.63) is 143 Å². The summed E-state index contributed by atoms with van der Waals surface area (Å²) in [6, 6.07) is 40.1. The van der Waals surface area contributed by atoms with Crippen molar-refractivity contribution in [1.29, 1.82) is 0 Å². The molecule has 0 spiro atoms. The molecule has 0 N–H and O–H groups in total. The van der Waals surface area contributed by atoms with Gasteiger partial charge in [-0.2, -0.15) is 0 Å². The van der Waals surface area contributed by atoms with E-state index in [9.17, 15) is 0 Å². The normalized spacial score (nSPS) is 10.9. The van der Waals surface area contributed by atoms with Gasteiger partial charge in [-0.25, -0.2) is 0 Å². The zero-order valence-electron chi connectivity index (χ0n) is 24.7. The first-order chi connectivity index (χ1) is 19.4. The van der Waals surface area contributed by atoms with Crippen LogP contribution in [0.1, 0.15) is 47.2 Å². The van der Waals surface area contributed by atoms with E-state index in [0.717, 1.165) is 24.2 Å². The average Bonchev–Trinajstić information content (AvgIpc) is 2.97. The fourth-order valence-corrected chi connectivity index (χ4v) is 5.60. The molecular weight excluding hydrogens is 484 g/mol. The van der Waals surface area contributed by atoms with Gasteiger partial charge in [0.1, 0.15) is 0 Å². The molecule has 40 heavy (non-hydrogen) atoms. The molecular formula is C38H40N2. The van der Waals surface area contributed by atoms with Gasteiger partial charge in [0.15, 0.2) is 0 Å². The van der Waals surface area contributed by atoms with Crippen LogP contribution in [0.4, 0.5) is 34.1 Å². The first-order valence-corrected chi connectivity index (χ1v) is 14.4. The monoisotopic (exact) mass is 524 g/mol. The number of para-hydroxylation sites is 2. The lowest BCUT2D eigenvalue weighted by molar-refractivity contribution is 1.10. The highest BCUT2D eigenvalue weighted by atomic mass is 15.2. The fourth-order valence-electron chi connectivity index (χ4n) is 5.60. The van der Waals surface area contributed by atoms with E-state index in [1.807, 2.05) is 0 Å². The minimum Gasteiger partial charge on any atom is -0.310 e. The number of anilines is 6. The Hall–Kier alpha value is -4.30. The quantitative estimate of drug-likeness (QED) is 0.199. The zero-order valence-corrected chi connectivity index (χ0v) is 24.7. The highest BCUT2D eigenvalue weighted by Crippen LogP contribution is 2.43. The van der Waals surface area contributed by atoms with Gasteiger partial charge in [0.25, 0.3) is 0 Å². The molecule has 0 bridgehead atoms. The summed E-state index contributed by atoms with van der Waals surface area (Å²) in [5.41, 5.74) is 15.0. The Morgan fingerprint density at radius 1 is 0.400 bits per heavy atom. The summed E-state index contributed by atoms with van der Waals surface area (Å²) < 4.78 is 0. The van der Waals surface area contributed by atoms with Gasteiger partial charge >= 0.3 is 0 Å². The molecule has 2 heteroatoms. The Bertz CT molecular complexity index is 1460. The summed E-state index contributed by atoms with van der Waals surface area (Å²) in [6.07, 6.45) is 1.96. The van der Waals surface area contributed by atoms with Crippen LogP contribution >= 0.6 is 0 Å². The van der Waals surface area contributed by atoms with Gasteiger partial charge in [-0.3, -0.25) is 0 Å². The van der Waals surface area contributed by atoms with Gasteiger partial charge in [-0.1, -0.05) is 85.6 Å². The van der Waals surface area contributed by atoms with Crippen molar-refractivity contribution in [2.24, 2.45) is 0 Å². The molecule has 0 aliphatic rings. The second-order valence-corrected chi connectivity index (χ2v) is 10.7. The van der Waals surface area contributed by atoms with Gasteiger partial charge in [0.2, 0.25) is 0 Å². The summed E-state index contributed by atoms with van der Waals surface area (Å²) >= 11 is 0. The smallest absolute Gasteiger partial charge is 0.0522 e.